The van der Waals surface area contributed by atoms with Crippen LogP contribution in [0.3, 0.4) is 0 Å². The molecule has 2 aromatic carbocycles. The number of ether oxygens (including phenoxy) is 2. The van der Waals surface area contributed by atoms with Gasteiger partial charge in [-0.1, -0.05) is 6.07 Å². The summed E-state index contributed by atoms with van der Waals surface area (Å²) in [7, 11) is 3.06. The zero-order valence-corrected chi connectivity index (χ0v) is 15.3. The van der Waals surface area contributed by atoms with Crippen molar-refractivity contribution < 1.29 is 18.7 Å². The second kappa shape index (κ2) is 8.34. The van der Waals surface area contributed by atoms with Gasteiger partial charge in [0.05, 0.1) is 19.9 Å². The van der Waals surface area contributed by atoms with Crippen LogP contribution in [-0.2, 0) is 11.3 Å². The molecule has 0 bridgehead atoms. The largest absolute Gasteiger partial charge is 0.493 e. The Morgan fingerprint density at radius 2 is 1.86 bits per heavy atom. The molecule has 0 aliphatic carbocycles. The molecule has 0 fully saturated rings. The number of hydrogen-bond acceptors (Lipinski definition) is 5. The van der Waals surface area contributed by atoms with E-state index >= 15 is 0 Å². The number of hydrogen-bond donors (Lipinski definition) is 1. The molecule has 144 valence electrons. The van der Waals surface area contributed by atoms with Crippen molar-refractivity contribution in [1.82, 2.24) is 9.78 Å². The van der Waals surface area contributed by atoms with E-state index in [0.717, 1.165) is 4.68 Å². The zero-order chi connectivity index (χ0) is 20.1. The minimum Gasteiger partial charge on any atom is -0.493 e. The van der Waals surface area contributed by atoms with Crippen LogP contribution in [0.5, 0.6) is 11.5 Å². The number of nitrogens with zero attached hydrogens (tertiary/aromatic N) is 2. The third kappa shape index (κ3) is 4.35. The topological polar surface area (TPSA) is 82.5 Å². The first-order chi connectivity index (χ1) is 13.5. The molecule has 0 radical (unpaired) electrons. The Labute approximate surface area is 160 Å². The Hall–Kier alpha value is -3.68. The molecule has 3 aromatic rings. The predicted octanol–water partition coefficient (Wildman–Crippen LogP) is 2.71. The van der Waals surface area contributed by atoms with Crippen LogP contribution in [0.4, 0.5) is 10.1 Å². The normalized spacial score (nSPS) is 10.4. The van der Waals surface area contributed by atoms with Gasteiger partial charge in [0.15, 0.2) is 11.5 Å². The van der Waals surface area contributed by atoms with Gasteiger partial charge in [-0.05, 0) is 42.5 Å². The molecule has 1 heterocycles. The summed E-state index contributed by atoms with van der Waals surface area (Å²) in [6.07, 6.45) is 0. The summed E-state index contributed by atoms with van der Waals surface area (Å²) in [6.45, 7) is -0.309. The van der Waals surface area contributed by atoms with Gasteiger partial charge in [-0.3, -0.25) is 9.59 Å². The average molecular weight is 383 g/mol. The maximum atomic E-state index is 13.2. The van der Waals surface area contributed by atoms with E-state index in [1.165, 1.54) is 38.5 Å². The molecule has 28 heavy (non-hydrogen) atoms. The molecule has 0 saturated heterocycles. The second-order valence-electron chi connectivity index (χ2n) is 5.84. The lowest BCUT2D eigenvalue weighted by molar-refractivity contribution is -0.117. The molecule has 8 heteroatoms. The van der Waals surface area contributed by atoms with Crippen molar-refractivity contribution in [3.8, 4) is 22.8 Å². The Morgan fingerprint density at radius 1 is 1.07 bits per heavy atom. The van der Waals surface area contributed by atoms with Crippen LogP contribution < -0.4 is 20.3 Å². The SMILES string of the molecule is COc1ccc(-c2ccc(=O)n(CC(=O)Nc3cccc(F)c3)n2)cc1OC. The number of methoxy groups -OCH3 is 2. The number of rotatable bonds is 6. The van der Waals surface area contributed by atoms with Crippen molar-refractivity contribution in [2.45, 2.75) is 6.54 Å². The summed E-state index contributed by atoms with van der Waals surface area (Å²) in [5.41, 5.74) is 1.05. The molecular formula is C20H18FN3O4. The molecule has 0 spiro atoms. The lowest BCUT2D eigenvalue weighted by Gasteiger charge is -2.11. The van der Waals surface area contributed by atoms with Crippen LogP contribution in [0.15, 0.2) is 59.4 Å². The Balaban J connectivity index is 1.83. The molecule has 0 aliphatic heterocycles. The van der Waals surface area contributed by atoms with Gasteiger partial charge < -0.3 is 14.8 Å². The molecule has 1 amide bonds. The number of nitrogens with one attached hydrogen (secondary N) is 1. The summed E-state index contributed by atoms with van der Waals surface area (Å²) in [4.78, 5) is 24.3. The minimum absolute atomic E-state index is 0.300. The van der Waals surface area contributed by atoms with E-state index in [1.807, 2.05) is 0 Å². The molecule has 7 nitrogen and oxygen atoms in total. The van der Waals surface area contributed by atoms with Crippen LogP contribution >= 0.6 is 0 Å². The third-order valence-electron chi connectivity index (χ3n) is 3.95. The standard InChI is InChI=1S/C20H18FN3O4/c1-27-17-8-6-13(10-18(17)28-2)16-7-9-20(26)24(23-16)12-19(25)22-15-5-3-4-14(21)11-15/h3-11H,12H2,1-2H3,(H,22,25). The van der Waals surface area contributed by atoms with Gasteiger partial charge in [0.25, 0.3) is 5.56 Å². The fourth-order valence-corrected chi connectivity index (χ4v) is 2.61. The minimum atomic E-state index is -0.496. The van der Waals surface area contributed by atoms with E-state index in [0.29, 0.717) is 28.4 Å². The summed E-state index contributed by atoms with van der Waals surface area (Å²) in [5.74, 6) is 0.116. The highest BCUT2D eigenvalue weighted by Crippen LogP contribution is 2.31. The third-order valence-corrected chi connectivity index (χ3v) is 3.95. The number of halogens is 1. The second-order valence-corrected chi connectivity index (χ2v) is 5.84. The van der Waals surface area contributed by atoms with E-state index in [9.17, 15) is 14.0 Å². The molecule has 0 saturated carbocycles. The first-order valence-corrected chi connectivity index (χ1v) is 8.36. The van der Waals surface area contributed by atoms with Crippen LogP contribution in [-0.4, -0.2) is 29.9 Å². The van der Waals surface area contributed by atoms with Crippen molar-refractivity contribution in [2.24, 2.45) is 0 Å². The van der Waals surface area contributed by atoms with Crippen LogP contribution in [0.2, 0.25) is 0 Å². The van der Waals surface area contributed by atoms with Gasteiger partial charge in [-0.2, -0.15) is 5.10 Å². The van der Waals surface area contributed by atoms with Crippen LogP contribution in [0.1, 0.15) is 0 Å². The van der Waals surface area contributed by atoms with Gasteiger partial charge >= 0.3 is 0 Å². The highest BCUT2D eigenvalue weighted by molar-refractivity contribution is 5.90. The summed E-state index contributed by atoms with van der Waals surface area (Å²) in [5, 5.41) is 6.78. The van der Waals surface area contributed by atoms with Crippen molar-refractivity contribution in [3.05, 3.63) is 70.8 Å². The molecule has 0 atom stereocenters. The van der Waals surface area contributed by atoms with Crippen molar-refractivity contribution in [3.63, 3.8) is 0 Å². The molecule has 1 N–H and O–H groups in total. The highest BCUT2D eigenvalue weighted by Gasteiger charge is 2.11. The van der Waals surface area contributed by atoms with Crippen molar-refractivity contribution in [2.75, 3.05) is 19.5 Å². The maximum Gasteiger partial charge on any atom is 0.267 e. The van der Waals surface area contributed by atoms with Crippen molar-refractivity contribution in [1.29, 1.82) is 0 Å². The number of carbonyl (C=O) groups is 1. The van der Waals surface area contributed by atoms with Crippen LogP contribution in [0.25, 0.3) is 11.3 Å². The van der Waals surface area contributed by atoms with E-state index in [-0.39, 0.29) is 6.54 Å². The summed E-state index contributed by atoms with van der Waals surface area (Å²) < 4.78 is 24.8. The molecular weight excluding hydrogens is 365 g/mol. The average Bonchev–Trinajstić information content (AvgIpc) is 2.69. The molecule has 1 aromatic heterocycles. The zero-order valence-electron chi connectivity index (χ0n) is 15.3. The Bertz CT molecular complexity index is 1070. The maximum absolute atomic E-state index is 13.2. The van der Waals surface area contributed by atoms with Gasteiger partial charge in [-0.15, -0.1) is 0 Å². The van der Waals surface area contributed by atoms with Gasteiger partial charge in [0, 0.05) is 17.3 Å². The molecule has 0 unspecified atom stereocenters. The molecule has 0 aliphatic rings. The van der Waals surface area contributed by atoms with E-state index < -0.39 is 17.3 Å². The highest BCUT2D eigenvalue weighted by atomic mass is 19.1. The van der Waals surface area contributed by atoms with Gasteiger partial charge in [0.1, 0.15) is 12.4 Å². The molecule has 3 rings (SSSR count). The van der Waals surface area contributed by atoms with E-state index in [1.54, 1.807) is 30.3 Å². The number of anilines is 1. The smallest absolute Gasteiger partial charge is 0.267 e. The first-order valence-electron chi connectivity index (χ1n) is 8.36. The van der Waals surface area contributed by atoms with Gasteiger partial charge in [-0.25, -0.2) is 9.07 Å². The lowest BCUT2D eigenvalue weighted by Crippen LogP contribution is -2.29. The Morgan fingerprint density at radius 3 is 2.57 bits per heavy atom. The quantitative estimate of drug-likeness (QED) is 0.708. The number of amides is 1. The van der Waals surface area contributed by atoms with Crippen molar-refractivity contribution >= 4 is 11.6 Å². The first kappa shape index (κ1) is 19.1. The van der Waals surface area contributed by atoms with E-state index in [4.69, 9.17) is 9.47 Å². The summed E-state index contributed by atoms with van der Waals surface area (Å²) in [6, 6.07) is 13.6. The fraction of sp³-hybridized carbons (Fsp3) is 0.150. The number of aromatic nitrogens is 2. The summed E-state index contributed by atoms with van der Waals surface area (Å²) >= 11 is 0. The number of benzene rings is 2. The predicted molar refractivity (Wildman–Crippen MR) is 102 cm³/mol. The monoisotopic (exact) mass is 383 g/mol. The Kier molecular flexibility index (Phi) is 5.69. The van der Waals surface area contributed by atoms with E-state index in [2.05, 4.69) is 10.4 Å². The number of carbonyl (C=O) groups excluding carboxylic acids is 1. The van der Waals surface area contributed by atoms with Crippen LogP contribution in [0, 0.1) is 5.82 Å². The lowest BCUT2D eigenvalue weighted by atomic mass is 10.1. The fourth-order valence-electron chi connectivity index (χ4n) is 2.61. The van der Waals surface area contributed by atoms with Gasteiger partial charge in [0.2, 0.25) is 5.91 Å².